The molecule has 0 amide bonds. The Morgan fingerprint density at radius 1 is 1.30 bits per heavy atom. The minimum Gasteiger partial charge on any atom is -0.349 e. The third-order valence-corrected chi connectivity index (χ3v) is 4.92. The minimum absolute atomic E-state index is 0.0883. The molecule has 1 atom stereocenters. The normalized spacial score (nSPS) is 23.3. The van der Waals surface area contributed by atoms with Crippen LogP contribution in [0, 0.1) is 10.8 Å². The molecule has 0 fully saturated rings. The van der Waals surface area contributed by atoms with Crippen molar-refractivity contribution < 1.29 is 4.79 Å². The van der Waals surface area contributed by atoms with Gasteiger partial charge in [-0.1, -0.05) is 49.8 Å². The fraction of sp³-hybridized carbons (Fsp3) is 0.333. The maximum absolute atomic E-state index is 12.8. The Bertz CT molecular complexity index is 786. The molecule has 1 aromatic carbocycles. The molecule has 0 aromatic heterocycles. The van der Waals surface area contributed by atoms with Gasteiger partial charge in [0.25, 0.3) is 0 Å². The zero-order chi connectivity index (χ0) is 16.8. The van der Waals surface area contributed by atoms with Crippen molar-refractivity contribution in [3.8, 4) is 0 Å². The van der Waals surface area contributed by atoms with Crippen molar-refractivity contribution in [2.75, 3.05) is 0 Å². The van der Waals surface area contributed by atoms with Gasteiger partial charge in [0.1, 0.15) is 4.99 Å². The van der Waals surface area contributed by atoms with Crippen LogP contribution >= 0.6 is 23.8 Å². The van der Waals surface area contributed by atoms with E-state index in [2.05, 4.69) is 25.0 Å². The quantitative estimate of drug-likeness (QED) is 0.456. The number of hydrogen-bond acceptors (Lipinski definition) is 3. The highest BCUT2D eigenvalue weighted by Gasteiger charge is 2.42. The van der Waals surface area contributed by atoms with Gasteiger partial charge in [0.05, 0.1) is 11.5 Å². The Kier molecular flexibility index (Phi) is 4.01. The molecule has 0 radical (unpaired) electrons. The van der Waals surface area contributed by atoms with E-state index in [1.807, 2.05) is 12.1 Å². The van der Waals surface area contributed by atoms with Crippen LogP contribution in [0.5, 0.6) is 0 Å². The van der Waals surface area contributed by atoms with E-state index in [4.69, 9.17) is 29.2 Å². The number of Topliss-reactive ketones (excluding diaryl/α,β-unsaturated/α-hetero) is 1. The Hall–Kier alpha value is -1.74. The standard InChI is InChI=1S/C18H17ClN2OS/c1-18(2)7-13-16(14(22)8-18)15(12(9-20)17(23)21-13)10-3-5-11(19)6-4-10/h3-6,15,20H,7-8H2,1-2H3,(H,21,23). The summed E-state index contributed by atoms with van der Waals surface area (Å²) in [4.78, 5) is 13.3. The number of halogens is 1. The number of ketones is 1. The van der Waals surface area contributed by atoms with Crippen LogP contribution in [-0.2, 0) is 4.79 Å². The lowest BCUT2D eigenvalue weighted by molar-refractivity contribution is -0.118. The van der Waals surface area contributed by atoms with Crippen LogP contribution in [-0.4, -0.2) is 16.6 Å². The highest BCUT2D eigenvalue weighted by atomic mass is 35.5. The second kappa shape index (κ2) is 5.72. The van der Waals surface area contributed by atoms with Crippen LogP contribution in [0.15, 0.2) is 41.1 Å². The van der Waals surface area contributed by atoms with Crippen LogP contribution in [0.3, 0.4) is 0 Å². The van der Waals surface area contributed by atoms with Gasteiger partial charge in [0.15, 0.2) is 5.78 Å². The molecule has 23 heavy (non-hydrogen) atoms. The first-order chi connectivity index (χ1) is 10.8. The molecule has 1 aromatic rings. The van der Waals surface area contributed by atoms with Crippen molar-refractivity contribution in [3.05, 3.63) is 51.7 Å². The molecule has 3 nitrogen and oxygen atoms in total. The van der Waals surface area contributed by atoms with Crippen LogP contribution in [0.4, 0.5) is 0 Å². The van der Waals surface area contributed by atoms with E-state index in [0.29, 0.717) is 22.0 Å². The fourth-order valence-corrected chi connectivity index (χ4v) is 3.80. The lowest BCUT2D eigenvalue weighted by Gasteiger charge is -2.39. The SMILES string of the molecule is CC1(C)CC(=O)C2=C(C1)NC(=S)C(=C=N)C2c1ccc(Cl)cc1. The molecular formula is C18H17ClN2OS. The van der Waals surface area contributed by atoms with Gasteiger partial charge in [0.2, 0.25) is 0 Å². The van der Waals surface area contributed by atoms with Crippen molar-refractivity contribution in [1.29, 1.82) is 5.41 Å². The van der Waals surface area contributed by atoms with Crippen LogP contribution < -0.4 is 5.32 Å². The molecule has 3 rings (SSSR count). The Balaban J connectivity index is 2.20. The summed E-state index contributed by atoms with van der Waals surface area (Å²) in [6, 6.07) is 7.36. The van der Waals surface area contributed by atoms with Gasteiger partial charge in [-0.15, -0.1) is 0 Å². The minimum atomic E-state index is -0.336. The first-order valence-electron chi connectivity index (χ1n) is 7.45. The predicted molar refractivity (Wildman–Crippen MR) is 96.2 cm³/mol. The summed E-state index contributed by atoms with van der Waals surface area (Å²) in [5.41, 5.74) is 2.96. The molecule has 0 bridgehead atoms. The molecule has 1 heterocycles. The first kappa shape index (κ1) is 16.1. The molecule has 0 saturated heterocycles. The van der Waals surface area contributed by atoms with Crippen molar-refractivity contribution in [1.82, 2.24) is 5.32 Å². The van der Waals surface area contributed by atoms with Gasteiger partial charge in [-0.3, -0.25) is 10.2 Å². The van der Waals surface area contributed by atoms with Crippen LogP contribution in [0.2, 0.25) is 5.02 Å². The second-order valence-corrected chi connectivity index (χ2v) is 7.66. The van der Waals surface area contributed by atoms with Gasteiger partial charge >= 0.3 is 0 Å². The van der Waals surface area contributed by atoms with E-state index in [1.54, 1.807) is 12.1 Å². The summed E-state index contributed by atoms with van der Waals surface area (Å²) in [5, 5.41) is 11.4. The largest absolute Gasteiger partial charge is 0.349 e. The van der Waals surface area contributed by atoms with Crippen molar-refractivity contribution >= 4 is 40.5 Å². The lowest BCUT2D eigenvalue weighted by Crippen LogP contribution is -2.41. The number of rotatable bonds is 1. The molecule has 0 saturated carbocycles. The van der Waals surface area contributed by atoms with E-state index >= 15 is 0 Å². The first-order valence-corrected chi connectivity index (χ1v) is 8.24. The Labute approximate surface area is 145 Å². The average Bonchev–Trinajstić information content (AvgIpc) is 2.45. The molecule has 2 N–H and O–H groups in total. The van der Waals surface area contributed by atoms with E-state index in [9.17, 15) is 4.79 Å². The predicted octanol–water partition coefficient (Wildman–Crippen LogP) is 4.17. The third kappa shape index (κ3) is 2.90. The highest BCUT2D eigenvalue weighted by Crippen LogP contribution is 2.45. The average molecular weight is 345 g/mol. The summed E-state index contributed by atoms with van der Waals surface area (Å²) in [5.74, 6) is 2.21. The van der Waals surface area contributed by atoms with E-state index in [0.717, 1.165) is 23.3 Å². The number of hydrogen-bond donors (Lipinski definition) is 2. The number of benzene rings is 1. The number of thiocarbonyl (C=S) groups is 1. The number of carbonyl (C=O) groups is 1. The molecule has 0 spiro atoms. The zero-order valence-electron chi connectivity index (χ0n) is 13.0. The number of nitrogens with one attached hydrogen (secondary N) is 2. The maximum atomic E-state index is 12.8. The summed E-state index contributed by atoms with van der Waals surface area (Å²) in [7, 11) is 0. The van der Waals surface area contributed by atoms with E-state index in [1.165, 1.54) is 0 Å². The molecule has 118 valence electrons. The topological polar surface area (TPSA) is 53.0 Å². The summed E-state index contributed by atoms with van der Waals surface area (Å²) in [6.45, 7) is 4.16. The van der Waals surface area contributed by atoms with Crippen molar-refractivity contribution in [2.45, 2.75) is 32.6 Å². The van der Waals surface area contributed by atoms with Gasteiger partial charge in [-0.2, -0.15) is 0 Å². The van der Waals surface area contributed by atoms with Crippen molar-refractivity contribution in [2.24, 2.45) is 5.41 Å². The zero-order valence-corrected chi connectivity index (χ0v) is 14.6. The Morgan fingerprint density at radius 2 is 1.96 bits per heavy atom. The fourth-order valence-electron chi connectivity index (χ4n) is 3.38. The van der Waals surface area contributed by atoms with Gasteiger partial charge in [-0.05, 0) is 35.4 Å². The number of allylic oxidation sites excluding steroid dienone is 2. The van der Waals surface area contributed by atoms with Gasteiger partial charge in [-0.25, -0.2) is 0 Å². The molecule has 2 aliphatic rings. The van der Waals surface area contributed by atoms with E-state index < -0.39 is 0 Å². The smallest absolute Gasteiger partial charge is 0.162 e. The summed E-state index contributed by atoms with van der Waals surface area (Å²) < 4.78 is 0. The van der Waals surface area contributed by atoms with Gasteiger partial charge in [0, 0.05) is 22.7 Å². The molecule has 5 heteroatoms. The summed E-state index contributed by atoms with van der Waals surface area (Å²) in [6.07, 6.45) is 1.26. The Morgan fingerprint density at radius 3 is 2.57 bits per heavy atom. The highest BCUT2D eigenvalue weighted by molar-refractivity contribution is 7.80. The monoisotopic (exact) mass is 344 g/mol. The van der Waals surface area contributed by atoms with Crippen LogP contribution in [0.1, 0.15) is 38.2 Å². The molecule has 1 aliphatic carbocycles. The maximum Gasteiger partial charge on any atom is 0.162 e. The summed E-state index contributed by atoms with van der Waals surface area (Å²) >= 11 is 11.4. The lowest BCUT2D eigenvalue weighted by atomic mass is 9.69. The second-order valence-electron chi connectivity index (χ2n) is 6.81. The molecular weight excluding hydrogens is 328 g/mol. The molecule has 1 aliphatic heterocycles. The van der Waals surface area contributed by atoms with Gasteiger partial charge < -0.3 is 5.32 Å². The number of carbonyl (C=O) groups excluding carboxylic acids is 1. The van der Waals surface area contributed by atoms with E-state index in [-0.39, 0.29) is 17.1 Å². The molecule has 1 unspecified atom stereocenters. The van der Waals surface area contributed by atoms with Crippen molar-refractivity contribution in [3.63, 3.8) is 0 Å². The van der Waals surface area contributed by atoms with Crippen LogP contribution in [0.25, 0.3) is 0 Å². The third-order valence-electron chi connectivity index (χ3n) is 4.34.